The maximum atomic E-state index is 12.3. The number of hydrogen-bond donors (Lipinski definition) is 3. The fraction of sp³-hybridized carbons (Fsp3) is 0.217. The Hall–Kier alpha value is -3.77. The summed E-state index contributed by atoms with van der Waals surface area (Å²) < 4.78 is 82.7. The van der Waals surface area contributed by atoms with E-state index in [0.717, 1.165) is 0 Å². The highest BCUT2D eigenvalue weighted by Gasteiger charge is 2.17. The van der Waals surface area contributed by atoms with Crippen molar-refractivity contribution < 1.29 is 34.0 Å². The first-order chi connectivity index (χ1) is 18.7. The molecule has 0 aliphatic rings. The molecule has 3 rings (SSSR count). The van der Waals surface area contributed by atoms with Gasteiger partial charge in [0.25, 0.3) is 0 Å². The van der Waals surface area contributed by atoms with Crippen LogP contribution in [-0.2, 0) is 34.3 Å². The van der Waals surface area contributed by atoms with E-state index in [1.54, 1.807) is 6.92 Å². The second kappa shape index (κ2) is 12.6. The largest absolute Gasteiger partial charge is 0.397 e. The van der Waals surface area contributed by atoms with Crippen LogP contribution in [0, 0.1) is 0 Å². The van der Waals surface area contributed by atoms with E-state index in [0.29, 0.717) is 12.1 Å². The van der Waals surface area contributed by atoms with Crippen LogP contribution in [0.1, 0.15) is 13.3 Å². The number of hydrogen-bond acceptors (Lipinski definition) is 13. The number of azo groups is 2. The van der Waals surface area contributed by atoms with E-state index in [-0.39, 0.29) is 44.0 Å². The van der Waals surface area contributed by atoms with E-state index in [2.05, 4.69) is 24.6 Å². The fourth-order valence-corrected chi connectivity index (χ4v) is 6.01. The molecule has 0 amide bonds. The number of nitrogens with two attached hydrogens (primary N) is 2. The monoisotopic (exact) mass is 610 g/mol. The molecule has 0 fully saturated rings. The topological polar surface area (TPSA) is 233 Å². The molecule has 3 aromatic rings. The standard InChI is InChI=1S/C23H26N6O8S3/c1-2-12-38(30,31)18-7-3-16(4-8-18)26-28-22-15-23(21(25)14-20(22)24)29-27-17-5-9-19(10-6-17)39(32,33)13-11-37-40(34,35)36/h3-10,14-15H,2,11-13,24-25H2,1H3,(H,34,35,36)/b28-26+,29-27+. The summed E-state index contributed by atoms with van der Waals surface area (Å²) in [5, 5.41) is 16.3. The number of nitrogen functional groups attached to an aromatic ring is 2. The summed E-state index contributed by atoms with van der Waals surface area (Å²) in [6.45, 7) is 1.04. The Morgan fingerprint density at radius 2 is 1.10 bits per heavy atom. The predicted octanol–water partition coefficient (Wildman–Crippen LogP) is 4.46. The number of rotatable bonds is 12. The van der Waals surface area contributed by atoms with Crippen molar-refractivity contribution in [1.82, 2.24) is 0 Å². The van der Waals surface area contributed by atoms with Crippen LogP contribution in [0.15, 0.2) is 90.9 Å². The van der Waals surface area contributed by atoms with Crippen molar-refractivity contribution in [3.05, 3.63) is 60.7 Å². The maximum Gasteiger partial charge on any atom is 0.397 e. The molecule has 14 nitrogen and oxygen atoms in total. The highest BCUT2D eigenvalue weighted by atomic mass is 32.3. The van der Waals surface area contributed by atoms with Gasteiger partial charge in [-0.1, -0.05) is 6.92 Å². The molecule has 0 atom stereocenters. The minimum absolute atomic E-state index is 0.0471. The predicted molar refractivity (Wildman–Crippen MR) is 148 cm³/mol. The molecule has 0 radical (unpaired) electrons. The summed E-state index contributed by atoms with van der Waals surface area (Å²) in [6, 6.07) is 14.1. The van der Waals surface area contributed by atoms with Crippen molar-refractivity contribution in [1.29, 1.82) is 0 Å². The zero-order valence-corrected chi connectivity index (χ0v) is 23.5. The highest BCUT2D eigenvalue weighted by molar-refractivity contribution is 7.91. The van der Waals surface area contributed by atoms with Crippen LogP contribution in [0.3, 0.4) is 0 Å². The van der Waals surface area contributed by atoms with Crippen LogP contribution in [-0.4, -0.2) is 47.9 Å². The second-order valence-electron chi connectivity index (χ2n) is 8.25. The Kier molecular flexibility index (Phi) is 9.69. The highest BCUT2D eigenvalue weighted by Crippen LogP contribution is 2.35. The summed E-state index contributed by atoms with van der Waals surface area (Å²) in [4.78, 5) is 0.0795. The van der Waals surface area contributed by atoms with Gasteiger partial charge in [-0.3, -0.25) is 4.55 Å². The summed E-state index contributed by atoms with van der Waals surface area (Å²) in [5.41, 5.74) is 13.5. The van der Waals surface area contributed by atoms with Crippen molar-refractivity contribution in [3.8, 4) is 0 Å². The quantitative estimate of drug-likeness (QED) is 0.148. The molecule has 3 aromatic carbocycles. The average Bonchev–Trinajstić information content (AvgIpc) is 2.87. The third kappa shape index (κ3) is 8.62. The van der Waals surface area contributed by atoms with Crippen LogP contribution >= 0.6 is 0 Å². The summed E-state index contributed by atoms with van der Waals surface area (Å²) in [6.07, 6.45) is 0.505. The zero-order chi connectivity index (χ0) is 29.6. The third-order valence-electron chi connectivity index (χ3n) is 5.17. The number of sulfone groups is 2. The first-order valence-corrected chi connectivity index (χ1v) is 16.2. The van der Waals surface area contributed by atoms with Crippen LogP contribution in [0.4, 0.5) is 34.1 Å². The van der Waals surface area contributed by atoms with Gasteiger partial charge < -0.3 is 11.5 Å². The number of nitrogens with zero attached hydrogens (tertiary/aromatic N) is 4. The lowest BCUT2D eigenvalue weighted by Gasteiger charge is -2.05. The minimum atomic E-state index is -4.75. The Morgan fingerprint density at radius 1 is 0.675 bits per heavy atom. The lowest BCUT2D eigenvalue weighted by atomic mass is 10.2. The normalized spacial score (nSPS) is 12.8. The lowest BCUT2D eigenvalue weighted by molar-refractivity contribution is 0.284. The van der Waals surface area contributed by atoms with Crippen molar-refractivity contribution in [2.75, 3.05) is 29.6 Å². The third-order valence-corrected chi connectivity index (χ3v) is 9.27. The molecule has 40 heavy (non-hydrogen) atoms. The number of anilines is 2. The van der Waals surface area contributed by atoms with Crippen LogP contribution < -0.4 is 11.5 Å². The van der Waals surface area contributed by atoms with E-state index >= 15 is 0 Å². The van der Waals surface area contributed by atoms with E-state index in [1.165, 1.54) is 60.7 Å². The van der Waals surface area contributed by atoms with Gasteiger partial charge in [0.2, 0.25) is 0 Å². The Bertz CT molecular complexity index is 1740. The van der Waals surface area contributed by atoms with E-state index in [4.69, 9.17) is 16.0 Å². The molecule has 0 aromatic heterocycles. The van der Waals surface area contributed by atoms with Gasteiger partial charge in [0.15, 0.2) is 19.7 Å². The van der Waals surface area contributed by atoms with Gasteiger partial charge in [0.1, 0.15) is 11.4 Å². The van der Waals surface area contributed by atoms with E-state index < -0.39 is 42.4 Å². The van der Waals surface area contributed by atoms with Crippen LogP contribution in [0.25, 0.3) is 0 Å². The minimum Gasteiger partial charge on any atom is -0.397 e. The molecule has 0 aliphatic carbocycles. The molecule has 17 heteroatoms. The SMILES string of the molecule is CCCS(=O)(=O)c1ccc(/N=N/c2cc(/N=N/c3ccc(S(=O)(=O)CCOS(=O)(=O)O)cc3)c(N)cc2N)cc1. The Labute approximate surface area is 231 Å². The van der Waals surface area contributed by atoms with Crippen LogP contribution in [0.2, 0.25) is 0 Å². The summed E-state index contributed by atoms with van der Waals surface area (Å²) >= 11 is 0. The van der Waals surface area contributed by atoms with Crippen molar-refractivity contribution >= 4 is 64.2 Å². The van der Waals surface area contributed by atoms with Gasteiger partial charge in [-0.2, -0.15) is 18.6 Å². The lowest BCUT2D eigenvalue weighted by Crippen LogP contribution is -2.15. The van der Waals surface area contributed by atoms with Gasteiger partial charge in [0, 0.05) is 0 Å². The Morgan fingerprint density at radius 3 is 1.50 bits per heavy atom. The molecule has 5 N–H and O–H groups in total. The van der Waals surface area contributed by atoms with Gasteiger partial charge >= 0.3 is 10.4 Å². The summed E-state index contributed by atoms with van der Waals surface area (Å²) in [5.74, 6) is -0.624. The van der Waals surface area contributed by atoms with Crippen LogP contribution in [0.5, 0.6) is 0 Å². The van der Waals surface area contributed by atoms with Crippen molar-refractivity contribution in [2.24, 2.45) is 20.5 Å². The molecular formula is C23H26N6O8S3. The summed E-state index contributed by atoms with van der Waals surface area (Å²) in [7, 11) is -12.0. The van der Waals surface area contributed by atoms with Gasteiger partial charge in [-0.15, -0.1) is 10.2 Å². The second-order valence-corrected chi connectivity index (χ2v) is 13.6. The van der Waals surface area contributed by atoms with E-state index in [9.17, 15) is 25.3 Å². The van der Waals surface area contributed by atoms with E-state index in [1.807, 2.05) is 0 Å². The first-order valence-electron chi connectivity index (χ1n) is 11.5. The van der Waals surface area contributed by atoms with Gasteiger partial charge in [-0.05, 0) is 67.1 Å². The molecule has 0 aliphatic heterocycles. The molecule has 0 unspecified atom stereocenters. The molecule has 0 bridgehead atoms. The maximum absolute atomic E-state index is 12.3. The molecule has 214 valence electrons. The van der Waals surface area contributed by atoms with Crippen molar-refractivity contribution in [2.45, 2.75) is 23.1 Å². The molecule has 0 saturated heterocycles. The molecule has 0 spiro atoms. The van der Waals surface area contributed by atoms with Crippen molar-refractivity contribution in [3.63, 3.8) is 0 Å². The fourth-order valence-electron chi connectivity index (χ4n) is 3.20. The number of benzene rings is 3. The molecule has 0 heterocycles. The Balaban J connectivity index is 1.74. The average molecular weight is 611 g/mol. The first kappa shape index (κ1) is 30.8. The zero-order valence-electron chi connectivity index (χ0n) is 21.1. The van der Waals surface area contributed by atoms with Gasteiger partial charge in [0.05, 0.1) is 50.7 Å². The molecule has 0 saturated carbocycles. The van der Waals surface area contributed by atoms with Gasteiger partial charge in [-0.25, -0.2) is 21.0 Å². The smallest absolute Gasteiger partial charge is 0.397 e. The molecular weight excluding hydrogens is 584 g/mol.